The van der Waals surface area contributed by atoms with Crippen LogP contribution in [0.2, 0.25) is 0 Å². The number of hydrogen-bond acceptors (Lipinski definition) is 5. The summed E-state index contributed by atoms with van der Waals surface area (Å²) in [7, 11) is 0. The topological polar surface area (TPSA) is 51.2 Å². The van der Waals surface area contributed by atoms with E-state index in [0.717, 1.165) is 50.9 Å². The van der Waals surface area contributed by atoms with Gasteiger partial charge in [0.25, 0.3) is 0 Å². The van der Waals surface area contributed by atoms with Gasteiger partial charge in [0, 0.05) is 15.3 Å². The molecule has 0 aliphatic rings. The third kappa shape index (κ3) is 3.63. The van der Waals surface area contributed by atoms with Crippen molar-refractivity contribution in [1.29, 1.82) is 0 Å². The maximum absolute atomic E-state index is 11.1. The van der Waals surface area contributed by atoms with Gasteiger partial charge in [-0.15, -0.1) is 22.7 Å². The first kappa shape index (κ1) is 18.2. The summed E-state index contributed by atoms with van der Waals surface area (Å²) >= 11 is 2.88. The fourth-order valence-electron chi connectivity index (χ4n) is 2.98. The number of carbonyl (C=O) groups is 3. The summed E-state index contributed by atoms with van der Waals surface area (Å²) in [6, 6.07) is 21.2. The van der Waals surface area contributed by atoms with Gasteiger partial charge in [0.05, 0.1) is 9.75 Å². The molecule has 0 N–H and O–H groups in total. The Labute approximate surface area is 169 Å². The van der Waals surface area contributed by atoms with Crippen molar-refractivity contribution in [1.82, 2.24) is 0 Å². The van der Waals surface area contributed by atoms with Crippen LogP contribution >= 0.6 is 22.7 Å². The molecule has 3 nitrogen and oxygen atoms in total. The molecule has 0 atom stereocenters. The van der Waals surface area contributed by atoms with Crippen LogP contribution in [0.3, 0.4) is 0 Å². The average molecular weight is 402 g/mol. The Morgan fingerprint density at radius 2 is 1.00 bits per heavy atom. The molecule has 0 radical (unpaired) electrons. The lowest BCUT2D eigenvalue weighted by Crippen LogP contribution is -1.85. The van der Waals surface area contributed by atoms with Crippen LogP contribution in [0.25, 0.3) is 32.0 Å². The van der Waals surface area contributed by atoms with E-state index in [1.807, 2.05) is 36.4 Å². The lowest BCUT2D eigenvalue weighted by Gasteiger charge is -2.09. The predicted molar refractivity (Wildman–Crippen MR) is 115 cm³/mol. The van der Waals surface area contributed by atoms with Crippen molar-refractivity contribution in [3.8, 4) is 32.0 Å². The summed E-state index contributed by atoms with van der Waals surface area (Å²) in [5, 5.41) is 0. The van der Waals surface area contributed by atoms with E-state index < -0.39 is 0 Å². The van der Waals surface area contributed by atoms with Crippen molar-refractivity contribution in [2.24, 2.45) is 0 Å². The SMILES string of the molecule is O=Cc1ccc(-c2cc(-c3ccc(C=O)s3)cc(-c3ccc(C=O)s3)c2)cc1. The molecule has 0 spiro atoms. The molecule has 0 unspecified atom stereocenters. The molecule has 4 aromatic rings. The fourth-order valence-corrected chi connectivity index (χ4v) is 4.60. The van der Waals surface area contributed by atoms with Crippen LogP contribution in [0.1, 0.15) is 29.7 Å². The van der Waals surface area contributed by atoms with Crippen LogP contribution in [0.15, 0.2) is 66.7 Å². The van der Waals surface area contributed by atoms with Gasteiger partial charge in [-0.25, -0.2) is 0 Å². The summed E-state index contributed by atoms with van der Waals surface area (Å²) < 4.78 is 0. The van der Waals surface area contributed by atoms with Gasteiger partial charge in [-0.3, -0.25) is 14.4 Å². The summed E-state index contributed by atoms with van der Waals surface area (Å²) in [6.07, 6.45) is 2.53. The molecule has 2 heterocycles. The van der Waals surface area contributed by atoms with Crippen LogP contribution in [-0.4, -0.2) is 18.9 Å². The second-order valence-corrected chi connectivity index (χ2v) is 8.41. The van der Waals surface area contributed by atoms with E-state index in [-0.39, 0.29) is 0 Å². The van der Waals surface area contributed by atoms with Crippen molar-refractivity contribution in [3.63, 3.8) is 0 Å². The highest BCUT2D eigenvalue weighted by Gasteiger charge is 2.11. The van der Waals surface area contributed by atoms with Gasteiger partial charge in [-0.2, -0.15) is 0 Å². The summed E-state index contributed by atoms with van der Waals surface area (Å²) in [5.74, 6) is 0. The molecule has 2 aromatic heterocycles. The maximum Gasteiger partial charge on any atom is 0.160 e. The molecule has 2 aromatic carbocycles. The molecule has 0 bridgehead atoms. The van der Waals surface area contributed by atoms with Crippen LogP contribution in [0.4, 0.5) is 0 Å². The lowest BCUT2D eigenvalue weighted by molar-refractivity contribution is 0.111. The van der Waals surface area contributed by atoms with Crippen LogP contribution in [-0.2, 0) is 0 Å². The molecule has 0 amide bonds. The fraction of sp³-hybridized carbons (Fsp3) is 0. The number of carbonyl (C=O) groups excluding carboxylic acids is 3. The van der Waals surface area contributed by atoms with Gasteiger partial charge >= 0.3 is 0 Å². The lowest BCUT2D eigenvalue weighted by atomic mass is 9.97. The molecule has 0 saturated heterocycles. The van der Waals surface area contributed by atoms with Crippen LogP contribution < -0.4 is 0 Å². The zero-order valence-electron chi connectivity index (χ0n) is 14.6. The monoisotopic (exact) mass is 402 g/mol. The van der Waals surface area contributed by atoms with Crippen LogP contribution in [0.5, 0.6) is 0 Å². The van der Waals surface area contributed by atoms with Crippen molar-refractivity contribution >= 4 is 41.5 Å². The zero-order valence-corrected chi connectivity index (χ0v) is 16.3. The normalized spacial score (nSPS) is 10.6. The van der Waals surface area contributed by atoms with Gasteiger partial charge in [0.15, 0.2) is 12.6 Å². The molecule has 136 valence electrons. The molecule has 5 heteroatoms. The molecule has 4 rings (SSSR count). The maximum atomic E-state index is 11.1. The van der Waals surface area contributed by atoms with E-state index in [2.05, 4.69) is 18.2 Å². The Hall–Kier alpha value is -3.15. The Kier molecular flexibility index (Phi) is 5.10. The first-order valence-electron chi connectivity index (χ1n) is 8.51. The molecular formula is C23H14O3S2. The molecular weight excluding hydrogens is 388 g/mol. The van der Waals surface area contributed by atoms with Gasteiger partial charge in [-0.1, -0.05) is 24.3 Å². The summed E-state index contributed by atoms with van der Waals surface area (Å²) in [6.45, 7) is 0. The third-order valence-corrected chi connectivity index (χ3v) is 6.49. The standard InChI is InChI=1S/C23H14O3S2/c24-12-15-1-3-16(4-2-15)17-9-18(22-7-5-20(13-25)27-22)11-19(10-17)23-8-6-21(14-26)28-23/h1-14H. The van der Waals surface area contributed by atoms with Gasteiger partial charge in [0.2, 0.25) is 0 Å². The van der Waals surface area contributed by atoms with Crippen molar-refractivity contribution in [2.45, 2.75) is 0 Å². The summed E-state index contributed by atoms with van der Waals surface area (Å²) in [5.41, 5.74) is 4.64. The van der Waals surface area contributed by atoms with E-state index in [9.17, 15) is 14.4 Å². The molecule has 0 fully saturated rings. The first-order valence-corrected chi connectivity index (χ1v) is 10.1. The van der Waals surface area contributed by atoms with E-state index in [1.165, 1.54) is 22.7 Å². The Morgan fingerprint density at radius 1 is 0.500 bits per heavy atom. The van der Waals surface area contributed by atoms with E-state index >= 15 is 0 Å². The first-order chi connectivity index (χ1) is 13.7. The highest BCUT2D eigenvalue weighted by atomic mass is 32.1. The van der Waals surface area contributed by atoms with E-state index in [0.29, 0.717) is 15.3 Å². The van der Waals surface area contributed by atoms with Crippen molar-refractivity contribution < 1.29 is 14.4 Å². The minimum Gasteiger partial charge on any atom is -0.298 e. The van der Waals surface area contributed by atoms with Gasteiger partial charge in [-0.05, 0) is 64.7 Å². The molecule has 0 saturated carbocycles. The Morgan fingerprint density at radius 3 is 1.43 bits per heavy atom. The second kappa shape index (κ2) is 7.84. The molecule has 0 aliphatic carbocycles. The van der Waals surface area contributed by atoms with Crippen molar-refractivity contribution in [2.75, 3.05) is 0 Å². The second-order valence-electron chi connectivity index (χ2n) is 6.18. The zero-order chi connectivity index (χ0) is 19.5. The Balaban J connectivity index is 1.87. The van der Waals surface area contributed by atoms with Gasteiger partial charge < -0.3 is 0 Å². The Bertz CT molecular complexity index is 1100. The number of hydrogen-bond donors (Lipinski definition) is 0. The average Bonchev–Trinajstić information content (AvgIpc) is 3.43. The third-order valence-electron chi connectivity index (χ3n) is 4.37. The van der Waals surface area contributed by atoms with Crippen molar-refractivity contribution in [3.05, 3.63) is 82.0 Å². The number of aldehydes is 3. The smallest absolute Gasteiger partial charge is 0.160 e. The quantitative estimate of drug-likeness (QED) is 0.358. The summed E-state index contributed by atoms with van der Waals surface area (Å²) in [4.78, 5) is 36.4. The minimum atomic E-state index is 0.628. The molecule has 0 aliphatic heterocycles. The number of rotatable bonds is 6. The highest BCUT2D eigenvalue weighted by molar-refractivity contribution is 7.17. The minimum absolute atomic E-state index is 0.628. The highest BCUT2D eigenvalue weighted by Crippen LogP contribution is 2.37. The predicted octanol–water partition coefficient (Wildman–Crippen LogP) is 6.25. The van der Waals surface area contributed by atoms with Crippen LogP contribution in [0, 0.1) is 0 Å². The van der Waals surface area contributed by atoms with Gasteiger partial charge in [0.1, 0.15) is 6.29 Å². The van der Waals surface area contributed by atoms with E-state index in [1.54, 1.807) is 12.1 Å². The largest absolute Gasteiger partial charge is 0.298 e. The van der Waals surface area contributed by atoms with E-state index in [4.69, 9.17) is 0 Å². The number of thiophene rings is 2. The molecule has 28 heavy (non-hydrogen) atoms. The number of benzene rings is 2.